The third-order valence-electron chi connectivity index (χ3n) is 2.97. The number of rotatable bonds is 5. The Morgan fingerprint density at radius 2 is 1.53 bits per heavy atom. The summed E-state index contributed by atoms with van der Waals surface area (Å²) in [6.07, 6.45) is 0.896. The zero-order valence-electron chi connectivity index (χ0n) is 11.0. The molecule has 0 saturated carbocycles. The molecule has 0 radical (unpaired) electrons. The van der Waals surface area contributed by atoms with E-state index in [-0.39, 0.29) is 5.91 Å². The molecule has 2 aromatic rings. The minimum Gasteiger partial charge on any atom is -0.358 e. The maximum Gasteiger partial charge on any atom is 0.258 e. The zero-order valence-corrected chi connectivity index (χ0v) is 11.0. The van der Waals surface area contributed by atoms with E-state index < -0.39 is 0 Å². The fourth-order valence-corrected chi connectivity index (χ4v) is 1.96. The Morgan fingerprint density at radius 1 is 0.947 bits per heavy atom. The Balaban J connectivity index is 2.25. The van der Waals surface area contributed by atoms with E-state index in [9.17, 15) is 4.79 Å². The van der Waals surface area contributed by atoms with E-state index in [0.29, 0.717) is 6.54 Å². The van der Waals surface area contributed by atoms with Crippen molar-refractivity contribution in [1.29, 1.82) is 0 Å². The van der Waals surface area contributed by atoms with Gasteiger partial charge in [-0.2, -0.15) is 0 Å². The summed E-state index contributed by atoms with van der Waals surface area (Å²) in [5.74, 6) is 0.0419. The maximum atomic E-state index is 12.6. The van der Waals surface area contributed by atoms with Crippen LogP contribution in [0.4, 0.5) is 5.69 Å². The van der Waals surface area contributed by atoms with Crippen LogP contribution in [0.15, 0.2) is 60.7 Å². The summed E-state index contributed by atoms with van der Waals surface area (Å²) in [6.45, 7) is 1.52. The highest BCUT2D eigenvalue weighted by molar-refractivity contribution is 6.06. The van der Waals surface area contributed by atoms with Crippen molar-refractivity contribution in [3.63, 3.8) is 0 Å². The van der Waals surface area contributed by atoms with Gasteiger partial charge in [0.1, 0.15) is 0 Å². The van der Waals surface area contributed by atoms with E-state index in [1.807, 2.05) is 65.6 Å². The van der Waals surface area contributed by atoms with E-state index in [2.05, 4.69) is 5.73 Å². The SMILES string of the molecule is [NH3+]CCCN(C(=O)c1ccccc1)c1ccccc1. The van der Waals surface area contributed by atoms with Gasteiger partial charge in [-0.3, -0.25) is 4.79 Å². The summed E-state index contributed by atoms with van der Waals surface area (Å²) in [5.41, 5.74) is 5.50. The predicted octanol–water partition coefficient (Wildman–Crippen LogP) is 1.97. The Hall–Kier alpha value is -2.13. The summed E-state index contributed by atoms with van der Waals surface area (Å²) in [5, 5.41) is 0. The third-order valence-corrected chi connectivity index (χ3v) is 2.97. The van der Waals surface area contributed by atoms with Gasteiger partial charge in [0, 0.05) is 24.2 Å². The van der Waals surface area contributed by atoms with Crippen molar-refractivity contribution >= 4 is 11.6 Å². The third kappa shape index (κ3) is 3.42. The molecule has 2 aromatic carbocycles. The Morgan fingerprint density at radius 3 is 2.11 bits per heavy atom. The molecular formula is C16H19N2O+. The number of quaternary nitrogens is 1. The summed E-state index contributed by atoms with van der Waals surface area (Å²) in [4.78, 5) is 14.4. The normalized spacial score (nSPS) is 10.2. The van der Waals surface area contributed by atoms with Gasteiger partial charge in [-0.15, -0.1) is 0 Å². The Labute approximate surface area is 113 Å². The molecular weight excluding hydrogens is 236 g/mol. The molecule has 0 aliphatic heterocycles. The van der Waals surface area contributed by atoms with Crippen LogP contribution in [0.3, 0.4) is 0 Å². The lowest BCUT2D eigenvalue weighted by Gasteiger charge is -2.22. The summed E-state index contributed by atoms with van der Waals surface area (Å²) >= 11 is 0. The highest BCUT2D eigenvalue weighted by Crippen LogP contribution is 2.17. The molecule has 1 amide bonds. The molecule has 0 atom stereocenters. The average molecular weight is 255 g/mol. The van der Waals surface area contributed by atoms with E-state index in [0.717, 1.165) is 24.2 Å². The second kappa shape index (κ2) is 6.71. The molecule has 2 rings (SSSR count). The second-order valence-corrected chi connectivity index (χ2v) is 4.37. The number of hydrogen-bond donors (Lipinski definition) is 1. The van der Waals surface area contributed by atoms with Gasteiger partial charge in [-0.25, -0.2) is 0 Å². The molecule has 0 saturated heterocycles. The number of carbonyl (C=O) groups excluding carboxylic acids is 1. The van der Waals surface area contributed by atoms with Crippen molar-refractivity contribution in [2.75, 3.05) is 18.0 Å². The molecule has 0 aliphatic rings. The van der Waals surface area contributed by atoms with Crippen LogP contribution in [0.1, 0.15) is 16.8 Å². The lowest BCUT2D eigenvalue weighted by Crippen LogP contribution is -2.51. The Bertz CT molecular complexity index is 511. The quantitative estimate of drug-likeness (QED) is 0.872. The first-order chi connectivity index (χ1) is 9.33. The van der Waals surface area contributed by atoms with Crippen LogP contribution >= 0.6 is 0 Å². The maximum absolute atomic E-state index is 12.6. The highest BCUT2D eigenvalue weighted by atomic mass is 16.2. The molecule has 0 bridgehead atoms. The van der Waals surface area contributed by atoms with Gasteiger partial charge in [0.15, 0.2) is 0 Å². The molecule has 19 heavy (non-hydrogen) atoms. The lowest BCUT2D eigenvalue weighted by molar-refractivity contribution is -0.367. The van der Waals surface area contributed by atoms with Crippen LogP contribution in [-0.2, 0) is 0 Å². The van der Waals surface area contributed by atoms with Gasteiger partial charge in [-0.1, -0.05) is 36.4 Å². The van der Waals surface area contributed by atoms with Crippen molar-refractivity contribution < 1.29 is 10.5 Å². The van der Waals surface area contributed by atoms with Crippen LogP contribution in [0, 0.1) is 0 Å². The number of amides is 1. The molecule has 98 valence electrons. The van der Waals surface area contributed by atoms with Gasteiger partial charge < -0.3 is 10.6 Å². The standard InChI is InChI=1S/C16H18N2O/c17-12-7-13-18(15-10-5-2-6-11-15)16(19)14-8-3-1-4-9-14/h1-6,8-11H,7,12-13,17H2/p+1. The number of carbonyl (C=O) groups is 1. The van der Waals surface area contributed by atoms with Gasteiger partial charge in [0.25, 0.3) is 5.91 Å². The zero-order chi connectivity index (χ0) is 13.5. The summed E-state index contributed by atoms with van der Waals surface area (Å²) < 4.78 is 0. The van der Waals surface area contributed by atoms with Crippen LogP contribution < -0.4 is 10.6 Å². The number of anilines is 1. The number of hydrogen-bond acceptors (Lipinski definition) is 1. The fourth-order valence-electron chi connectivity index (χ4n) is 1.96. The van der Waals surface area contributed by atoms with Gasteiger partial charge in [0.2, 0.25) is 0 Å². The molecule has 0 unspecified atom stereocenters. The predicted molar refractivity (Wildman–Crippen MR) is 76.9 cm³/mol. The average Bonchev–Trinajstić information content (AvgIpc) is 2.49. The largest absolute Gasteiger partial charge is 0.358 e. The Kier molecular flexibility index (Phi) is 4.70. The highest BCUT2D eigenvalue weighted by Gasteiger charge is 2.16. The van der Waals surface area contributed by atoms with E-state index in [1.54, 1.807) is 0 Å². The van der Waals surface area contributed by atoms with Crippen LogP contribution in [0.25, 0.3) is 0 Å². The molecule has 3 N–H and O–H groups in total. The van der Waals surface area contributed by atoms with E-state index in [4.69, 9.17) is 0 Å². The van der Waals surface area contributed by atoms with Crippen LogP contribution in [0.2, 0.25) is 0 Å². The number of nitrogens with zero attached hydrogens (tertiary/aromatic N) is 1. The minimum atomic E-state index is 0.0419. The summed E-state index contributed by atoms with van der Waals surface area (Å²) in [7, 11) is 0. The van der Waals surface area contributed by atoms with E-state index in [1.165, 1.54) is 0 Å². The number of benzene rings is 2. The molecule has 0 heterocycles. The van der Waals surface area contributed by atoms with Crippen molar-refractivity contribution in [3.05, 3.63) is 66.2 Å². The monoisotopic (exact) mass is 255 g/mol. The van der Waals surface area contributed by atoms with Gasteiger partial charge in [0.05, 0.1) is 6.54 Å². The molecule has 0 aliphatic carbocycles. The molecule has 3 nitrogen and oxygen atoms in total. The minimum absolute atomic E-state index is 0.0419. The second-order valence-electron chi connectivity index (χ2n) is 4.37. The van der Waals surface area contributed by atoms with Crippen LogP contribution in [-0.4, -0.2) is 19.0 Å². The van der Waals surface area contributed by atoms with Gasteiger partial charge >= 0.3 is 0 Å². The smallest absolute Gasteiger partial charge is 0.258 e. The number of para-hydroxylation sites is 1. The molecule has 0 aromatic heterocycles. The van der Waals surface area contributed by atoms with Crippen molar-refractivity contribution in [2.45, 2.75) is 6.42 Å². The first-order valence-corrected chi connectivity index (χ1v) is 6.54. The first-order valence-electron chi connectivity index (χ1n) is 6.54. The fraction of sp³-hybridized carbons (Fsp3) is 0.188. The van der Waals surface area contributed by atoms with E-state index >= 15 is 0 Å². The van der Waals surface area contributed by atoms with Gasteiger partial charge in [-0.05, 0) is 24.3 Å². The van der Waals surface area contributed by atoms with Crippen molar-refractivity contribution in [1.82, 2.24) is 0 Å². The molecule has 0 spiro atoms. The topological polar surface area (TPSA) is 48.0 Å². The molecule has 0 fully saturated rings. The van der Waals surface area contributed by atoms with Crippen LogP contribution in [0.5, 0.6) is 0 Å². The summed E-state index contributed by atoms with van der Waals surface area (Å²) in [6, 6.07) is 19.2. The van der Waals surface area contributed by atoms with Crippen molar-refractivity contribution in [2.24, 2.45) is 0 Å². The first kappa shape index (κ1) is 13.3. The molecule has 3 heteroatoms. The van der Waals surface area contributed by atoms with Crippen molar-refractivity contribution in [3.8, 4) is 0 Å². The lowest BCUT2D eigenvalue weighted by atomic mass is 10.1.